The molecule has 2 nitrogen and oxygen atoms in total. The first kappa shape index (κ1) is 12.0. The average Bonchev–Trinajstić information content (AvgIpc) is 2.92. The largest absolute Gasteiger partial charge is 0.371 e. The van der Waals surface area contributed by atoms with E-state index < -0.39 is 0 Å². The van der Waals surface area contributed by atoms with Gasteiger partial charge in [0.25, 0.3) is 0 Å². The summed E-state index contributed by atoms with van der Waals surface area (Å²) in [5, 5.41) is 0. The van der Waals surface area contributed by atoms with E-state index in [2.05, 4.69) is 41.3 Å². The lowest BCUT2D eigenvalue weighted by Crippen LogP contribution is -2.26. The van der Waals surface area contributed by atoms with Gasteiger partial charge in [0.15, 0.2) is 0 Å². The smallest absolute Gasteiger partial charge is 0.0432 e. The van der Waals surface area contributed by atoms with E-state index in [0.29, 0.717) is 6.54 Å². The van der Waals surface area contributed by atoms with Gasteiger partial charge in [-0.1, -0.05) is 18.2 Å². The molecule has 102 valence electrons. The molecule has 0 amide bonds. The Bertz CT molecular complexity index is 660. The lowest BCUT2D eigenvalue weighted by Gasteiger charge is -2.27. The van der Waals surface area contributed by atoms with Gasteiger partial charge in [-0.2, -0.15) is 0 Å². The number of benzene rings is 2. The van der Waals surface area contributed by atoms with E-state index in [1.165, 1.54) is 60.3 Å². The van der Waals surface area contributed by atoms with Crippen molar-refractivity contribution in [3.05, 3.63) is 53.1 Å². The first-order chi connectivity index (χ1) is 9.85. The Hall–Kier alpha value is -1.80. The van der Waals surface area contributed by atoms with Gasteiger partial charge >= 0.3 is 0 Å². The van der Waals surface area contributed by atoms with Crippen molar-refractivity contribution in [2.45, 2.75) is 25.8 Å². The van der Waals surface area contributed by atoms with E-state index in [4.69, 9.17) is 5.73 Å². The zero-order valence-electron chi connectivity index (χ0n) is 11.7. The minimum Gasteiger partial charge on any atom is -0.371 e. The quantitative estimate of drug-likeness (QED) is 0.903. The van der Waals surface area contributed by atoms with Crippen LogP contribution in [0, 0.1) is 0 Å². The lowest BCUT2D eigenvalue weighted by atomic mass is 9.93. The van der Waals surface area contributed by atoms with Crippen LogP contribution in [0.15, 0.2) is 36.4 Å². The highest BCUT2D eigenvalue weighted by atomic mass is 15.2. The van der Waals surface area contributed by atoms with Gasteiger partial charge in [-0.25, -0.2) is 0 Å². The molecule has 0 aromatic heterocycles. The third-order valence-electron chi connectivity index (χ3n) is 4.61. The molecule has 0 fully saturated rings. The number of nitrogens with two attached hydrogens (primary N) is 1. The summed E-state index contributed by atoms with van der Waals surface area (Å²) in [6.45, 7) is 3.05. The maximum absolute atomic E-state index is 5.76. The molecule has 0 spiro atoms. The second-order valence-corrected chi connectivity index (χ2v) is 5.89. The molecule has 2 aromatic carbocycles. The van der Waals surface area contributed by atoms with Crippen LogP contribution in [0.5, 0.6) is 0 Å². The summed E-state index contributed by atoms with van der Waals surface area (Å²) in [6, 6.07) is 13.4. The molecule has 2 aliphatic rings. The first-order valence-electron chi connectivity index (χ1n) is 7.55. The van der Waals surface area contributed by atoms with Crippen LogP contribution in [-0.4, -0.2) is 13.1 Å². The standard InChI is InChI=1S/C18H20N2/c19-12-13-3-1-4-14(9-13)17-10-15-5-2-7-20-8-6-16(11-17)18(15)20/h1,3-4,9-11H,2,5-8,12,19H2. The minimum atomic E-state index is 0.611. The maximum atomic E-state index is 5.76. The summed E-state index contributed by atoms with van der Waals surface area (Å²) in [5.41, 5.74) is 14.2. The van der Waals surface area contributed by atoms with Crippen LogP contribution in [0.4, 0.5) is 5.69 Å². The summed E-state index contributed by atoms with van der Waals surface area (Å²) in [4.78, 5) is 2.56. The van der Waals surface area contributed by atoms with Gasteiger partial charge in [0.05, 0.1) is 0 Å². The normalized spacial score (nSPS) is 16.4. The fourth-order valence-electron chi connectivity index (χ4n) is 3.64. The zero-order valence-corrected chi connectivity index (χ0v) is 11.7. The summed E-state index contributed by atoms with van der Waals surface area (Å²) in [6.07, 6.45) is 3.72. The molecule has 0 aliphatic carbocycles. The minimum absolute atomic E-state index is 0.611. The second-order valence-electron chi connectivity index (χ2n) is 5.89. The predicted octanol–water partition coefficient (Wildman–Crippen LogP) is 3.12. The number of nitrogens with zero attached hydrogens (tertiary/aromatic N) is 1. The summed E-state index contributed by atoms with van der Waals surface area (Å²) < 4.78 is 0. The molecule has 0 atom stereocenters. The van der Waals surface area contributed by atoms with Gasteiger partial charge in [0, 0.05) is 25.3 Å². The highest BCUT2D eigenvalue weighted by Gasteiger charge is 2.26. The van der Waals surface area contributed by atoms with Crippen molar-refractivity contribution >= 4 is 5.69 Å². The average molecular weight is 264 g/mol. The molecule has 2 aromatic rings. The van der Waals surface area contributed by atoms with Gasteiger partial charge in [-0.3, -0.25) is 0 Å². The van der Waals surface area contributed by atoms with Crippen LogP contribution in [0.2, 0.25) is 0 Å². The lowest BCUT2D eigenvalue weighted by molar-refractivity contribution is 0.719. The molecule has 2 heterocycles. The Labute approximate surface area is 120 Å². The Morgan fingerprint density at radius 2 is 1.80 bits per heavy atom. The molecule has 2 heteroatoms. The highest BCUT2D eigenvalue weighted by molar-refractivity contribution is 5.74. The molecule has 0 saturated carbocycles. The number of hydrogen-bond acceptors (Lipinski definition) is 2. The van der Waals surface area contributed by atoms with Crippen molar-refractivity contribution in [2.75, 3.05) is 18.0 Å². The third kappa shape index (κ3) is 1.83. The van der Waals surface area contributed by atoms with Crippen LogP contribution in [0.25, 0.3) is 11.1 Å². The zero-order chi connectivity index (χ0) is 13.5. The Morgan fingerprint density at radius 1 is 0.950 bits per heavy atom. The van der Waals surface area contributed by atoms with Gasteiger partial charge in [0.2, 0.25) is 0 Å². The van der Waals surface area contributed by atoms with Crippen molar-refractivity contribution < 1.29 is 0 Å². The number of anilines is 1. The maximum Gasteiger partial charge on any atom is 0.0432 e. The molecule has 0 radical (unpaired) electrons. The number of aryl methyl sites for hydroxylation is 1. The fourth-order valence-corrected chi connectivity index (χ4v) is 3.64. The van der Waals surface area contributed by atoms with Crippen LogP contribution >= 0.6 is 0 Å². The molecular weight excluding hydrogens is 244 g/mol. The summed E-state index contributed by atoms with van der Waals surface area (Å²) in [5.74, 6) is 0. The molecule has 0 saturated heterocycles. The van der Waals surface area contributed by atoms with E-state index in [0.717, 1.165) is 0 Å². The van der Waals surface area contributed by atoms with Gasteiger partial charge < -0.3 is 10.6 Å². The molecule has 0 unspecified atom stereocenters. The fraction of sp³-hybridized carbons (Fsp3) is 0.333. The molecule has 0 bridgehead atoms. The Morgan fingerprint density at radius 3 is 2.65 bits per heavy atom. The van der Waals surface area contributed by atoms with Gasteiger partial charge in [0.1, 0.15) is 0 Å². The van der Waals surface area contributed by atoms with Crippen LogP contribution < -0.4 is 10.6 Å². The van der Waals surface area contributed by atoms with E-state index in [1.54, 1.807) is 5.56 Å². The summed E-state index contributed by atoms with van der Waals surface area (Å²) >= 11 is 0. The van der Waals surface area contributed by atoms with Gasteiger partial charge in [-0.15, -0.1) is 0 Å². The SMILES string of the molecule is NCc1cccc(-c2cc3c4c(c2)CCN4CCC3)c1. The third-order valence-corrected chi connectivity index (χ3v) is 4.61. The van der Waals surface area contributed by atoms with E-state index in [1.807, 2.05) is 0 Å². The van der Waals surface area contributed by atoms with Crippen LogP contribution in [0.1, 0.15) is 23.1 Å². The predicted molar refractivity (Wildman–Crippen MR) is 84.0 cm³/mol. The van der Waals surface area contributed by atoms with Crippen molar-refractivity contribution in [3.8, 4) is 11.1 Å². The van der Waals surface area contributed by atoms with E-state index in [9.17, 15) is 0 Å². The van der Waals surface area contributed by atoms with Crippen molar-refractivity contribution in [1.82, 2.24) is 0 Å². The Balaban J connectivity index is 1.83. The number of hydrogen-bond donors (Lipinski definition) is 1. The number of rotatable bonds is 2. The van der Waals surface area contributed by atoms with Crippen molar-refractivity contribution in [1.29, 1.82) is 0 Å². The second kappa shape index (κ2) is 4.64. The summed E-state index contributed by atoms with van der Waals surface area (Å²) in [7, 11) is 0. The molecular formula is C18H20N2. The highest BCUT2D eigenvalue weighted by Crippen LogP contribution is 2.39. The topological polar surface area (TPSA) is 29.3 Å². The van der Waals surface area contributed by atoms with Gasteiger partial charge in [-0.05, 0) is 65.3 Å². The van der Waals surface area contributed by atoms with E-state index in [-0.39, 0.29) is 0 Å². The molecule has 20 heavy (non-hydrogen) atoms. The van der Waals surface area contributed by atoms with E-state index >= 15 is 0 Å². The van der Waals surface area contributed by atoms with Crippen molar-refractivity contribution in [3.63, 3.8) is 0 Å². The molecule has 4 rings (SSSR count). The van der Waals surface area contributed by atoms with Crippen molar-refractivity contribution in [2.24, 2.45) is 5.73 Å². The Kier molecular flexibility index (Phi) is 2.78. The molecule has 2 N–H and O–H groups in total. The van der Waals surface area contributed by atoms with Crippen LogP contribution in [0.3, 0.4) is 0 Å². The molecule has 2 aliphatic heterocycles. The monoisotopic (exact) mass is 264 g/mol. The first-order valence-corrected chi connectivity index (χ1v) is 7.55. The van der Waals surface area contributed by atoms with Crippen LogP contribution in [-0.2, 0) is 19.4 Å².